The minimum atomic E-state index is -0.900. The summed E-state index contributed by atoms with van der Waals surface area (Å²) in [6.45, 7) is 5.76. The number of carbonyl (C=O) groups excluding carboxylic acids is 2. The first-order valence-corrected chi connectivity index (χ1v) is 8.03. The number of aromatic nitrogens is 1. The number of rotatable bonds is 6. The first kappa shape index (κ1) is 17.7. The second-order valence-corrected chi connectivity index (χ2v) is 5.68. The highest BCUT2D eigenvalue weighted by Crippen LogP contribution is 2.26. The van der Waals surface area contributed by atoms with Crippen LogP contribution in [0.5, 0.6) is 0 Å². The molecule has 0 unspecified atom stereocenters. The molecule has 24 heavy (non-hydrogen) atoms. The zero-order chi connectivity index (χ0) is 17.5. The van der Waals surface area contributed by atoms with Crippen molar-refractivity contribution in [3.8, 4) is 0 Å². The Labute approximate surface area is 142 Å². The monoisotopic (exact) mass is 326 g/mol. The Hall–Kier alpha value is -2.69. The van der Waals surface area contributed by atoms with Gasteiger partial charge in [-0.05, 0) is 43.0 Å². The van der Waals surface area contributed by atoms with Crippen molar-refractivity contribution < 1.29 is 14.3 Å². The van der Waals surface area contributed by atoms with Crippen molar-refractivity contribution in [2.24, 2.45) is 0 Å². The molecule has 0 fully saturated rings. The standard InChI is InChI=1S/C19H22N2O3/c1-4-13(2)16-9-5-6-10-17(16)21-18(22)14(3)24-19(23)15-8-7-11-20-12-15/h5-14H,4H2,1-3H3,(H,21,22)/t13-,14+/m1/s1. The van der Waals surface area contributed by atoms with Crippen LogP contribution in [0.2, 0.25) is 0 Å². The van der Waals surface area contributed by atoms with E-state index in [1.165, 1.54) is 6.20 Å². The maximum Gasteiger partial charge on any atom is 0.340 e. The minimum absolute atomic E-state index is 0.317. The third kappa shape index (κ3) is 4.41. The SMILES string of the molecule is CC[C@@H](C)c1ccccc1NC(=O)[C@H](C)OC(=O)c1cccnc1. The van der Waals surface area contributed by atoms with E-state index < -0.39 is 12.1 Å². The summed E-state index contributed by atoms with van der Waals surface area (Å²) in [6, 6.07) is 10.9. The molecule has 0 bridgehead atoms. The molecule has 2 atom stereocenters. The van der Waals surface area contributed by atoms with Crippen molar-refractivity contribution in [1.82, 2.24) is 4.98 Å². The molecule has 5 heteroatoms. The third-order valence-electron chi connectivity index (χ3n) is 3.91. The number of ether oxygens (including phenoxy) is 1. The highest BCUT2D eigenvalue weighted by molar-refractivity contribution is 5.97. The summed E-state index contributed by atoms with van der Waals surface area (Å²) >= 11 is 0. The summed E-state index contributed by atoms with van der Waals surface area (Å²) in [6.07, 6.45) is 3.05. The molecule has 5 nitrogen and oxygen atoms in total. The number of anilines is 1. The van der Waals surface area contributed by atoms with Crippen molar-refractivity contribution in [2.45, 2.75) is 39.2 Å². The van der Waals surface area contributed by atoms with Gasteiger partial charge in [0.2, 0.25) is 0 Å². The van der Waals surface area contributed by atoms with E-state index in [1.807, 2.05) is 24.3 Å². The topological polar surface area (TPSA) is 68.3 Å². The van der Waals surface area contributed by atoms with E-state index in [-0.39, 0.29) is 5.91 Å². The largest absolute Gasteiger partial charge is 0.449 e. The molecule has 1 aromatic heterocycles. The molecule has 2 aromatic rings. The van der Waals surface area contributed by atoms with Crippen molar-refractivity contribution in [3.05, 3.63) is 59.9 Å². The van der Waals surface area contributed by atoms with E-state index in [1.54, 1.807) is 25.3 Å². The number of para-hydroxylation sites is 1. The van der Waals surface area contributed by atoms with Crippen LogP contribution in [0.25, 0.3) is 0 Å². The molecule has 0 aliphatic heterocycles. The lowest BCUT2D eigenvalue weighted by atomic mass is 9.97. The number of esters is 1. The van der Waals surface area contributed by atoms with E-state index in [4.69, 9.17) is 4.74 Å². The maximum absolute atomic E-state index is 12.3. The van der Waals surface area contributed by atoms with Crippen LogP contribution in [-0.2, 0) is 9.53 Å². The average molecular weight is 326 g/mol. The van der Waals surface area contributed by atoms with Gasteiger partial charge < -0.3 is 10.1 Å². The second kappa shape index (κ2) is 8.24. The number of hydrogen-bond donors (Lipinski definition) is 1. The molecule has 1 N–H and O–H groups in total. The summed E-state index contributed by atoms with van der Waals surface area (Å²) in [5.74, 6) is -0.598. The van der Waals surface area contributed by atoms with Crippen molar-refractivity contribution >= 4 is 17.6 Å². The predicted octanol–water partition coefficient (Wildman–Crippen LogP) is 3.78. The first-order chi connectivity index (χ1) is 11.5. The van der Waals surface area contributed by atoms with Gasteiger partial charge in [0, 0.05) is 18.1 Å². The lowest BCUT2D eigenvalue weighted by Crippen LogP contribution is -2.30. The van der Waals surface area contributed by atoms with Crippen LogP contribution in [0.15, 0.2) is 48.8 Å². The van der Waals surface area contributed by atoms with Crippen molar-refractivity contribution in [1.29, 1.82) is 0 Å². The number of benzene rings is 1. The van der Waals surface area contributed by atoms with Crippen molar-refractivity contribution in [3.63, 3.8) is 0 Å². The van der Waals surface area contributed by atoms with E-state index in [0.29, 0.717) is 11.5 Å². The number of nitrogens with zero attached hydrogens (tertiary/aromatic N) is 1. The molecule has 1 amide bonds. The van der Waals surface area contributed by atoms with E-state index >= 15 is 0 Å². The molecule has 0 radical (unpaired) electrons. The normalized spacial score (nSPS) is 13.0. The fraction of sp³-hybridized carbons (Fsp3) is 0.316. The summed E-state index contributed by atoms with van der Waals surface area (Å²) in [7, 11) is 0. The van der Waals surface area contributed by atoms with Gasteiger partial charge in [0.05, 0.1) is 5.56 Å². The molecule has 0 saturated carbocycles. The first-order valence-electron chi connectivity index (χ1n) is 8.03. The van der Waals surface area contributed by atoms with Gasteiger partial charge in [-0.3, -0.25) is 9.78 Å². The number of amides is 1. The van der Waals surface area contributed by atoms with Crippen LogP contribution in [0.3, 0.4) is 0 Å². The molecular formula is C19H22N2O3. The highest BCUT2D eigenvalue weighted by atomic mass is 16.5. The van der Waals surface area contributed by atoms with Gasteiger partial charge in [0.1, 0.15) is 0 Å². The lowest BCUT2D eigenvalue weighted by molar-refractivity contribution is -0.123. The Morgan fingerprint density at radius 3 is 2.58 bits per heavy atom. The average Bonchev–Trinajstić information content (AvgIpc) is 2.62. The highest BCUT2D eigenvalue weighted by Gasteiger charge is 2.20. The Morgan fingerprint density at radius 2 is 1.92 bits per heavy atom. The zero-order valence-electron chi connectivity index (χ0n) is 14.2. The summed E-state index contributed by atoms with van der Waals surface area (Å²) < 4.78 is 5.21. The number of hydrogen-bond acceptors (Lipinski definition) is 4. The number of nitrogens with one attached hydrogen (secondary N) is 1. The quantitative estimate of drug-likeness (QED) is 0.820. The Morgan fingerprint density at radius 1 is 1.17 bits per heavy atom. The van der Waals surface area contributed by atoms with Crippen LogP contribution in [0, 0.1) is 0 Å². The van der Waals surface area contributed by atoms with E-state index in [2.05, 4.69) is 24.1 Å². The Balaban J connectivity index is 2.03. The van der Waals surface area contributed by atoms with E-state index in [0.717, 1.165) is 17.7 Å². The predicted molar refractivity (Wildman–Crippen MR) is 92.9 cm³/mol. The molecule has 0 spiro atoms. The van der Waals surface area contributed by atoms with Gasteiger partial charge in [-0.25, -0.2) is 4.79 Å². The zero-order valence-corrected chi connectivity index (χ0v) is 14.2. The number of pyridine rings is 1. The molecule has 2 rings (SSSR count). The van der Waals surface area contributed by atoms with Gasteiger partial charge in [0.15, 0.2) is 6.10 Å². The van der Waals surface area contributed by atoms with Gasteiger partial charge in [-0.15, -0.1) is 0 Å². The van der Waals surface area contributed by atoms with Gasteiger partial charge >= 0.3 is 5.97 Å². The smallest absolute Gasteiger partial charge is 0.340 e. The molecule has 1 heterocycles. The van der Waals surface area contributed by atoms with Crippen LogP contribution in [-0.4, -0.2) is 23.0 Å². The van der Waals surface area contributed by atoms with Gasteiger partial charge in [-0.1, -0.05) is 32.0 Å². The van der Waals surface area contributed by atoms with Crippen LogP contribution >= 0.6 is 0 Å². The second-order valence-electron chi connectivity index (χ2n) is 5.68. The Bertz CT molecular complexity index is 701. The molecule has 126 valence electrons. The summed E-state index contributed by atoms with van der Waals surface area (Å²) in [4.78, 5) is 28.2. The van der Waals surface area contributed by atoms with Crippen molar-refractivity contribution in [2.75, 3.05) is 5.32 Å². The molecular weight excluding hydrogens is 304 g/mol. The molecule has 1 aromatic carbocycles. The minimum Gasteiger partial charge on any atom is -0.449 e. The van der Waals surface area contributed by atoms with Crippen LogP contribution < -0.4 is 5.32 Å². The molecule has 0 aliphatic carbocycles. The fourth-order valence-electron chi connectivity index (χ4n) is 2.26. The van der Waals surface area contributed by atoms with Gasteiger partial charge in [-0.2, -0.15) is 0 Å². The lowest BCUT2D eigenvalue weighted by Gasteiger charge is -2.18. The van der Waals surface area contributed by atoms with E-state index in [9.17, 15) is 9.59 Å². The van der Waals surface area contributed by atoms with Gasteiger partial charge in [0.25, 0.3) is 5.91 Å². The van der Waals surface area contributed by atoms with Crippen LogP contribution in [0.1, 0.15) is 49.0 Å². The molecule has 0 saturated heterocycles. The summed E-state index contributed by atoms with van der Waals surface area (Å²) in [5.41, 5.74) is 2.14. The summed E-state index contributed by atoms with van der Waals surface area (Å²) in [5, 5.41) is 2.85. The van der Waals surface area contributed by atoms with Crippen LogP contribution in [0.4, 0.5) is 5.69 Å². The number of carbonyl (C=O) groups is 2. The third-order valence-corrected chi connectivity index (χ3v) is 3.91. The fourth-order valence-corrected chi connectivity index (χ4v) is 2.26. The Kier molecular flexibility index (Phi) is 6.07. The molecule has 0 aliphatic rings. The maximum atomic E-state index is 12.3.